The van der Waals surface area contributed by atoms with Crippen molar-refractivity contribution in [2.45, 2.75) is 0 Å². The summed E-state index contributed by atoms with van der Waals surface area (Å²) in [6.07, 6.45) is 0. The number of nitrogens with two attached hydrogens (primary N) is 1. The van der Waals surface area contributed by atoms with Gasteiger partial charge in [0.05, 0.1) is 5.69 Å². The SMILES string of the molecule is NS(=O)(=O)Oc1cccc(Oc2ccccc2NS(=O)(=O)[O-])c1.[Na+]. The maximum Gasteiger partial charge on any atom is 1.00 e. The van der Waals surface area contributed by atoms with Crippen LogP contribution in [0.5, 0.6) is 17.2 Å². The Morgan fingerprint density at radius 3 is 2.21 bits per heavy atom. The van der Waals surface area contributed by atoms with Crippen LogP contribution in [0.15, 0.2) is 48.5 Å². The first-order valence-electron chi connectivity index (χ1n) is 5.95. The van der Waals surface area contributed by atoms with E-state index in [2.05, 4.69) is 4.18 Å². The van der Waals surface area contributed by atoms with Gasteiger partial charge in [-0.05, 0) is 24.3 Å². The van der Waals surface area contributed by atoms with Crippen LogP contribution in [0, 0.1) is 0 Å². The topological polar surface area (TPSA) is 148 Å². The summed E-state index contributed by atoms with van der Waals surface area (Å²) in [4.78, 5) is 0. The standard InChI is InChI=1S/C12H12N2O7S2.Na/c13-22(15,16)21-10-5-3-4-9(8-10)20-12-7-2-1-6-11(12)14-23(17,18)19;/h1-8,14H,(H2,13,15,16)(H,17,18,19);/q;+1/p-1. The van der Waals surface area contributed by atoms with E-state index in [1.165, 1.54) is 42.5 Å². The van der Waals surface area contributed by atoms with E-state index in [9.17, 15) is 21.4 Å². The van der Waals surface area contributed by atoms with Gasteiger partial charge in [-0.25, -0.2) is 8.42 Å². The molecule has 0 bridgehead atoms. The molecular weight excluding hydrogens is 371 g/mol. The maximum absolute atomic E-state index is 10.9. The molecule has 24 heavy (non-hydrogen) atoms. The number of anilines is 1. The second-order valence-electron chi connectivity index (χ2n) is 4.21. The van der Waals surface area contributed by atoms with Crippen LogP contribution in [-0.4, -0.2) is 21.4 Å². The van der Waals surface area contributed by atoms with E-state index in [1.807, 2.05) is 0 Å². The average molecular weight is 382 g/mol. The average Bonchev–Trinajstić information content (AvgIpc) is 2.38. The van der Waals surface area contributed by atoms with E-state index in [4.69, 9.17) is 9.88 Å². The molecule has 0 spiro atoms. The first-order chi connectivity index (χ1) is 10.6. The molecule has 0 aliphatic rings. The van der Waals surface area contributed by atoms with Crippen molar-refractivity contribution in [3.8, 4) is 17.2 Å². The zero-order chi connectivity index (χ0) is 17.1. The Balaban J connectivity index is 0.00000288. The van der Waals surface area contributed by atoms with Gasteiger partial charge >= 0.3 is 39.9 Å². The number of hydrogen-bond donors (Lipinski definition) is 2. The van der Waals surface area contributed by atoms with Gasteiger partial charge in [-0.3, -0.25) is 4.72 Å². The van der Waals surface area contributed by atoms with Gasteiger partial charge in [0, 0.05) is 6.07 Å². The molecule has 0 aliphatic heterocycles. The van der Waals surface area contributed by atoms with E-state index >= 15 is 0 Å². The van der Waals surface area contributed by atoms with Gasteiger partial charge in [0.1, 0.15) is 11.5 Å². The van der Waals surface area contributed by atoms with Crippen molar-refractivity contribution in [3.63, 3.8) is 0 Å². The van der Waals surface area contributed by atoms with Crippen LogP contribution in [-0.2, 0) is 20.6 Å². The Kier molecular flexibility index (Phi) is 7.04. The predicted octanol–water partition coefficient (Wildman–Crippen LogP) is -2.06. The molecule has 0 atom stereocenters. The Bertz CT molecular complexity index is 917. The van der Waals surface area contributed by atoms with Crippen LogP contribution >= 0.6 is 0 Å². The Labute approximate surface area is 161 Å². The fraction of sp³-hybridized carbons (Fsp3) is 0. The largest absolute Gasteiger partial charge is 1.00 e. The first kappa shape index (κ1) is 20.7. The summed E-state index contributed by atoms with van der Waals surface area (Å²) in [7, 11) is -8.91. The molecule has 124 valence electrons. The summed E-state index contributed by atoms with van der Waals surface area (Å²) in [5.74, 6) is 0.0928. The number of hydrogen-bond acceptors (Lipinski definition) is 7. The second kappa shape index (κ2) is 8.16. The number of ether oxygens (including phenoxy) is 1. The maximum atomic E-state index is 10.9. The summed E-state index contributed by atoms with van der Waals surface area (Å²) in [6, 6.07) is 11.3. The van der Waals surface area contributed by atoms with Gasteiger partial charge in [0.25, 0.3) is 0 Å². The molecule has 0 aromatic heterocycles. The molecule has 2 aromatic rings. The first-order valence-corrected chi connectivity index (χ1v) is 8.83. The van der Waals surface area contributed by atoms with E-state index in [-0.39, 0.29) is 52.5 Å². The third-order valence-electron chi connectivity index (χ3n) is 2.37. The van der Waals surface area contributed by atoms with Gasteiger partial charge in [-0.1, -0.05) is 18.2 Å². The Morgan fingerprint density at radius 1 is 0.958 bits per heavy atom. The predicted molar refractivity (Wildman–Crippen MR) is 80.0 cm³/mol. The zero-order valence-electron chi connectivity index (χ0n) is 12.4. The minimum absolute atomic E-state index is 0. The van der Waals surface area contributed by atoms with Gasteiger partial charge in [0.15, 0.2) is 16.1 Å². The molecule has 0 radical (unpaired) electrons. The minimum Gasteiger partial charge on any atom is -0.731 e. The molecule has 9 nitrogen and oxygen atoms in total. The molecular formula is C12H11N2NaO7S2. The minimum atomic E-state index is -4.72. The van der Waals surface area contributed by atoms with Crippen LogP contribution in [0.25, 0.3) is 0 Å². The second-order valence-corrected chi connectivity index (χ2v) is 6.47. The molecule has 2 aromatic carbocycles. The van der Waals surface area contributed by atoms with Crippen LogP contribution in [0.2, 0.25) is 0 Å². The van der Waals surface area contributed by atoms with Crippen molar-refractivity contribution in [1.29, 1.82) is 0 Å². The van der Waals surface area contributed by atoms with Crippen LogP contribution in [0.1, 0.15) is 0 Å². The molecule has 0 aliphatic carbocycles. The summed E-state index contributed by atoms with van der Waals surface area (Å²) in [6.45, 7) is 0. The Morgan fingerprint density at radius 2 is 1.58 bits per heavy atom. The van der Waals surface area contributed by atoms with Gasteiger partial charge < -0.3 is 13.5 Å². The molecule has 0 fully saturated rings. The molecule has 12 heteroatoms. The third-order valence-corrected chi connectivity index (χ3v) is 3.26. The van der Waals surface area contributed by atoms with Crippen molar-refractivity contribution in [2.24, 2.45) is 5.14 Å². The molecule has 0 saturated heterocycles. The van der Waals surface area contributed by atoms with E-state index < -0.39 is 20.6 Å². The van der Waals surface area contributed by atoms with Gasteiger partial charge in [-0.15, -0.1) is 0 Å². The van der Waals surface area contributed by atoms with Gasteiger partial charge in [-0.2, -0.15) is 13.6 Å². The fourth-order valence-corrected chi connectivity index (χ4v) is 2.44. The Hall–Kier alpha value is -1.34. The van der Waals surface area contributed by atoms with Crippen molar-refractivity contribution < 1.29 is 59.9 Å². The van der Waals surface area contributed by atoms with Crippen LogP contribution < -0.4 is 48.3 Å². The van der Waals surface area contributed by atoms with Gasteiger partial charge in [0.2, 0.25) is 0 Å². The van der Waals surface area contributed by atoms with Crippen molar-refractivity contribution in [2.75, 3.05) is 4.72 Å². The number of para-hydroxylation sites is 2. The van der Waals surface area contributed by atoms with Crippen LogP contribution in [0.3, 0.4) is 0 Å². The monoisotopic (exact) mass is 382 g/mol. The quantitative estimate of drug-likeness (QED) is 0.431. The number of rotatable bonds is 6. The fourth-order valence-electron chi connectivity index (χ4n) is 1.63. The molecule has 2 rings (SSSR count). The number of benzene rings is 2. The molecule has 3 N–H and O–H groups in total. The normalized spacial score (nSPS) is 11.2. The smallest absolute Gasteiger partial charge is 0.731 e. The molecule has 0 amide bonds. The van der Waals surface area contributed by atoms with E-state index in [0.717, 1.165) is 0 Å². The molecule has 0 heterocycles. The molecule has 0 saturated carbocycles. The van der Waals surface area contributed by atoms with Crippen molar-refractivity contribution in [1.82, 2.24) is 0 Å². The summed E-state index contributed by atoms with van der Waals surface area (Å²) in [5.41, 5.74) is -0.0692. The summed E-state index contributed by atoms with van der Waals surface area (Å²) in [5, 5.41) is 4.76. The van der Waals surface area contributed by atoms with E-state index in [1.54, 1.807) is 10.8 Å². The summed E-state index contributed by atoms with van der Waals surface area (Å²) < 4.78 is 65.8. The number of nitrogens with one attached hydrogen (secondary N) is 1. The van der Waals surface area contributed by atoms with Crippen molar-refractivity contribution in [3.05, 3.63) is 48.5 Å². The molecule has 0 unspecified atom stereocenters. The van der Waals surface area contributed by atoms with E-state index in [0.29, 0.717) is 0 Å². The van der Waals surface area contributed by atoms with Crippen LogP contribution in [0.4, 0.5) is 5.69 Å². The third kappa shape index (κ3) is 7.05. The zero-order valence-corrected chi connectivity index (χ0v) is 16.0. The summed E-state index contributed by atoms with van der Waals surface area (Å²) >= 11 is 0. The van der Waals surface area contributed by atoms with Crippen molar-refractivity contribution >= 4 is 26.3 Å².